The second-order valence-electron chi connectivity index (χ2n) is 6.11. The Morgan fingerprint density at radius 3 is 2.67 bits per heavy atom. The summed E-state index contributed by atoms with van der Waals surface area (Å²) in [5, 5.41) is 9.48. The summed E-state index contributed by atoms with van der Waals surface area (Å²) >= 11 is 3.37. The van der Waals surface area contributed by atoms with Gasteiger partial charge in [0.2, 0.25) is 0 Å². The molecule has 30 heavy (non-hydrogen) atoms. The first-order valence-electron chi connectivity index (χ1n) is 9.00. The zero-order valence-electron chi connectivity index (χ0n) is 16.3. The smallest absolute Gasteiger partial charge is 0.341 e. The number of nitrogens with zero attached hydrogens (tertiary/aromatic N) is 2. The van der Waals surface area contributed by atoms with Crippen LogP contribution in [0.4, 0.5) is 5.69 Å². The lowest BCUT2D eigenvalue weighted by Gasteiger charge is -2.12. The molecule has 1 fully saturated rings. The first kappa shape index (κ1) is 22.2. The number of hydrogen-bond donors (Lipinski definition) is 1. The summed E-state index contributed by atoms with van der Waals surface area (Å²) in [5.74, 6) is -0.431. The van der Waals surface area contributed by atoms with Crippen molar-refractivity contribution in [3.8, 4) is 11.5 Å². The van der Waals surface area contributed by atoms with Gasteiger partial charge in [-0.05, 0) is 77.2 Å². The fourth-order valence-corrected chi connectivity index (χ4v) is 4.58. The highest BCUT2D eigenvalue weighted by atomic mass is 127. The van der Waals surface area contributed by atoms with Crippen LogP contribution in [0.15, 0.2) is 52.4 Å². The maximum Gasteiger partial charge on any atom is 0.341 e. The van der Waals surface area contributed by atoms with E-state index >= 15 is 0 Å². The summed E-state index contributed by atoms with van der Waals surface area (Å²) in [7, 11) is 1.48. The first-order valence-corrected chi connectivity index (χ1v) is 10.9. The van der Waals surface area contributed by atoms with Crippen molar-refractivity contribution in [1.82, 2.24) is 4.90 Å². The fourth-order valence-electron chi connectivity index (χ4n) is 2.73. The standard InChI is InChI=1S/C21H19IN2O5S/c1-3-24-20(27)17(30-21(24)23-14-7-5-4-6-8-14)11-13-9-15(22)19(16(10-13)28-2)29-12-18(25)26/h4-11H,3,12H2,1-2H3,(H,25,26)/b17-11+,23-21?. The lowest BCUT2D eigenvalue weighted by atomic mass is 10.2. The van der Waals surface area contributed by atoms with Crippen LogP contribution in [0.25, 0.3) is 6.08 Å². The third kappa shape index (κ3) is 5.14. The summed E-state index contributed by atoms with van der Waals surface area (Å²) in [6.07, 6.45) is 1.77. The SMILES string of the molecule is CCN1C(=O)/C(=C\c2cc(I)c(OCC(=O)O)c(OC)c2)SC1=Nc1ccccc1. The van der Waals surface area contributed by atoms with Gasteiger partial charge in [0.05, 0.1) is 21.3 Å². The minimum atomic E-state index is -1.07. The fraction of sp³-hybridized carbons (Fsp3) is 0.190. The third-order valence-corrected chi connectivity index (χ3v) is 5.88. The predicted octanol–water partition coefficient (Wildman–Crippen LogP) is 4.39. The van der Waals surface area contributed by atoms with Gasteiger partial charge in [-0.15, -0.1) is 0 Å². The number of thioether (sulfide) groups is 1. The quantitative estimate of drug-likeness (QED) is 0.416. The number of hydrogen-bond acceptors (Lipinski definition) is 6. The number of likely N-dealkylation sites (N-methyl/N-ethyl adjacent to an activating group) is 1. The minimum Gasteiger partial charge on any atom is -0.493 e. The lowest BCUT2D eigenvalue weighted by Crippen LogP contribution is -2.28. The Labute approximate surface area is 191 Å². The maximum absolute atomic E-state index is 12.9. The van der Waals surface area contributed by atoms with Crippen molar-refractivity contribution in [3.05, 3.63) is 56.5 Å². The molecule has 2 aromatic carbocycles. The average Bonchev–Trinajstić information content (AvgIpc) is 3.01. The molecule has 3 rings (SSSR count). The van der Waals surface area contributed by atoms with E-state index in [0.717, 1.165) is 11.3 Å². The molecule has 1 saturated heterocycles. The molecular weight excluding hydrogens is 519 g/mol. The Kier molecular flexibility index (Phi) is 7.38. The molecule has 0 spiro atoms. The van der Waals surface area contributed by atoms with Crippen molar-refractivity contribution >= 4 is 63.2 Å². The number of methoxy groups -OCH3 is 1. The van der Waals surface area contributed by atoms with Crippen LogP contribution in [0.3, 0.4) is 0 Å². The van der Waals surface area contributed by atoms with E-state index in [1.54, 1.807) is 17.0 Å². The minimum absolute atomic E-state index is 0.114. The summed E-state index contributed by atoms with van der Waals surface area (Å²) in [4.78, 5) is 30.4. The average molecular weight is 538 g/mol. The molecule has 2 aromatic rings. The van der Waals surface area contributed by atoms with Crippen molar-refractivity contribution in [2.75, 3.05) is 20.3 Å². The Balaban J connectivity index is 1.92. The Hall–Kier alpha value is -2.53. The topological polar surface area (TPSA) is 88.4 Å². The second-order valence-corrected chi connectivity index (χ2v) is 8.28. The van der Waals surface area contributed by atoms with Crippen molar-refractivity contribution in [3.63, 3.8) is 0 Å². The highest BCUT2D eigenvalue weighted by molar-refractivity contribution is 14.1. The van der Waals surface area contributed by atoms with Crippen LogP contribution in [0.5, 0.6) is 11.5 Å². The molecule has 0 saturated carbocycles. The molecule has 1 amide bonds. The normalized spacial score (nSPS) is 16.4. The Morgan fingerprint density at radius 2 is 2.03 bits per heavy atom. The summed E-state index contributed by atoms with van der Waals surface area (Å²) < 4.78 is 11.4. The van der Waals surface area contributed by atoms with Gasteiger partial charge in [0, 0.05) is 6.54 Å². The van der Waals surface area contributed by atoms with Crippen LogP contribution in [0, 0.1) is 3.57 Å². The molecule has 0 aromatic heterocycles. The maximum atomic E-state index is 12.9. The highest BCUT2D eigenvalue weighted by Crippen LogP contribution is 2.37. The number of carboxylic acids is 1. The van der Waals surface area contributed by atoms with E-state index in [0.29, 0.717) is 31.7 Å². The largest absolute Gasteiger partial charge is 0.493 e. The molecule has 1 heterocycles. The molecule has 0 atom stereocenters. The molecule has 9 heteroatoms. The van der Waals surface area contributed by atoms with Gasteiger partial charge in [0.1, 0.15) is 0 Å². The number of rotatable bonds is 7. The molecule has 0 bridgehead atoms. The molecule has 1 N–H and O–H groups in total. The van der Waals surface area contributed by atoms with Crippen LogP contribution in [0.1, 0.15) is 12.5 Å². The highest BCUT2D eigenvalue weighted by Gasteiger charge is 2.32. The van der Waals surface area contributed by atoms with Gasteiger partial charge in [-0.25, -0.2) is 9.79 Å². The predicted molar refractivity (Wildman–Crippen MR) is 125 cm³/mol. The van der Waals surface area contributed by atoms with E-state index in [-0.39, 0.29) is 5.91 Å². The molecule has 0 unspecified atom stereocenters. The molecule has 1 aliphatic rings. The number of carboxylic acid groups (broad SMARTS) is 1. The monoisotopic (exact) mass is 538 g/mol. The summed E-state index contributed by atoms with van der Waals surface area (Å²) in [5.41, 5.74) is 1.52. The number of amidine groups is 1. The van der Waals surface area contributed by atoms with Crippen LogP contribution in [-0.4, -0.2) is 47.3 Å². The number of halogens is 1. The molecule has 0 aliphatic carbocycles. The van der Waals surface area contributed by atoms with Crippen LogP contribution < -0.4 is 9.47 Å². The zero-order chi connectivity index (χ0) is 21.7. The number of amides is 1. The van der Waals surface area contributed by atoms with E-state index in [9.17, 15) is 9.59 Å². The van der Waals surface area contributed by atoms with Crippen LogP contribution >= 0.6 is 34.4 Å². The Bertz CT molecular complexity index is 1020. The second kappa shape index (κ2) is 9.98. The zero-order valence-corrected chi connectivity index (χ0v) is 19.3. The molecule has 0 radical (unpaired) electrons. The van der Waals surface area contributed by atoms with E-state index < -0.39 is 12.6 Å². The van der Waals surface area contributed by atoms with E-state index in [1.165, 1.54) is 18.9 Å². The van der Waals surface area contributed by atoms with E-state index in [1.807, 2.05) is 43.3 Å². The van der Waals surface area contributed by atoms with Crippen molar-refractivity contribution in [2.45, 2.75) is 6.92 Å². The van der Waals surface area contributed by atoms with Gasteiger partial charge in [-0.3, -0.25) is 9.69 Å². The van der Waals surface area contributed by atoms with Gasteiger partial charge < -0.3 is 14.6 Å². The number of benzene rings is 2. The molecule has 1 aliphatic heterocycles. The van der Waals surface area contributed by atoms with E-state index in [4.69, 9.17) is 14.6 Å². The van der Waals surface area contributed by atoms with Crippen LogP contribution in [-0.2, 0) is 9.59 Å². The van der Waals surface area contributed by atoms with Gasteiger partial charge in [0.25, 0.3) is 5.91 Å². The Morgan fingerprint density at radius 1 is 1.30 bits per heavy atom. The van der Waals surface area contributed by atoms with E-state index in [2.05, 4.69) is 27.6 Å². The number of para-hydroxylation sites is 1. The van der Waals surface area contributed by atoms with Gasteiger partial charge >= 0.3 is 5.97 Å². The number of ether oxygens (including phenoxy) is 2. The van der Waals surface area contributed by atoms with Crippen molar-refractivity contribution < 1.29 is 24.2 Å². The van der Waals surface area contributed by atoms with Crippen LogP contribution in [0.2, 0.25) is 0 Å². The molecule has 7 nitrogen and oxygen atoms in total. The lowest BCUT2D eigenvalue weighted by molar-refractivity contribution is -0.139. The summed E-state index contributed by atoms with van der Waals surface area (Å²) in [6.45, 7) is 1.95. The first-order chi connectivity index (χ1) is 14.4. The number of carbonyl (C=O) groups excluding carboxylic acids is 1. The number of carbonyl (C=O) groups is 2. The summed E-state index contributed by atoms with van der Waals surface area (Å²) in [6, 6.07) is 13.0. The van der Waals surface area contributed by atoms with Gasteiger partial charge in [-0.1, -0.05) is 18.2 Å². The van der Waals surface area contributed by atoms with Gasteiger partial charge in [-0.2, -0.15) is 0 Å². The number of aliphatic imine (C=N–C) groups is 1. The van der Waals surface area contributed by atoms with Crippen molar-refractivity contribution in [1.29, 1.82) is 0 Å². The third-order valence-electron chi connectivity index (χ3n) is 4.07. The van der Waals surface area contributed by atoms with Gasteiger partial charge in [0.15, 0.2) is 23.3 Å². The molecule has 156 valence electrons. The molecular formula is C21H19IN2O5S. The number of aliphatic carboxylic acids is 1. The van der Waals surface area contributed by atoms with Crippen molar-refractivity contribution in [2.24, 2.45) is 4.99 Å².